The van der Waals surface area contributed by atoms with Gasteiger partial charge in [-0.25, -0.2) is 0 Å². The molecule has 0 aromatic carbocycles. The summed E-state index contributed by atoms with van der Waals surface area (Å²) in [6.45, 7) is 6.85. The van der Waals surface area contributed by atoms with Crippen molar-refractivity contribution in [3.63, 3.8) is 0 Å². The largest absolute Gasteiger partial charge is 0.394 e. The molecule has 7 heteroatoms. The van der Waals surface area contributed by atoms with Crippen LogP contribution in [0.1, 0.15) is 33.6 Å². The van der Waals surface area contributed by atoms with Crippen LogP contribution in [0, 0.1) is 0 Å². The molecule has 1 rings (SSSR count). The molecule has 1 aromatic rings. The van der Waals surface area contributed by atoms with E-state index in [-0.39, 0.29) is 6.61 Å². The average Bonchev–Trinajstić information content (AvgIpc) is 2.44. The summed E-state index contributed by atoms with van der Waals surface area (Å²) in [5.74, 6) is 1.60. The van der Waals surface area contributed by atoms with E-state index in [1.54, 1.807) is 0 Å². The summed E-state index contributed by atoms with van der Waals surface area (Å²) in [4.78, 5) is 14.9. The lowest BCUT2D eigenvalue weighted by atomic mass is 10.0. The monoisotopic (exact) mass is 282 g/mol. The number of rotatable bonds is 8. The molecule has 1 heterocycles. The summed E-state index contributed by atoms with van der Waals surface area (Å²) >= 11 is 0. The Balaban J connectivity index is 3.02. The summed E-state index contributed by atoms with van der Waals surface area (Å²) in [5.41, 5.74) is -0.438. The van der Waals surface area contributed by atoms with Gasteiger partial charge in [0, 0.05) is 20.6 Å². The molecule has 0 aliphatic heterocycles. The van der Waals surface area contributed by atoms with E-state index >= 15 is 0 Å². The number of anilines is 3. The van der Waals surface area contributed by atoms with E-state index in [0.717, 1.165) is 19.4 Å². The maximum atomic E-state index is 9.48. The number of aliphatic hydroxyl groups is 1. The second-order valence-corrected chi connectivity index (χ2v) is 5.30. The molecule has 0 fully saturated rings. The first kappa shape index (κ1) is 16.4. The number of nitrogens with one attached hydrogen (secondary N) is 2. The Morgan fingerprint density at radius 1 is 1.15 bits per heavy atom. The molecule has 0 radical (unpaired) electrons. The van der Waals surface area contributed by atoms with Gasteiger partial charge in [0.15, 0.2) is 0 Å². The van der Waals surface area contributed by atoms with Crippen LogP contribution in [0.15, 0.2) is 0 Å². The molecule has 0 saturated carbocycles. The second-order valence-electron chi connectivity index (χ2n) is 5.30. The maximum Gasteiger partial charge on any atom is 0.231 e. The fourth-order valence-electron chi connectivity index (χ4n) is 1.45. The van der Waals surface area contributed by atoms with Crippen molar-refractivity contribution in [2.24, 2.45) is 0 Å². The topological polar surface area (TPSA) is 86.2 Å². The molecule has 3 N–H and O–H groups in total. The lowest BCUT2D eigenvalue weighted by Crippen LogP contribution is -2.39. The van der Waals surface area contributed by atoms with Crippen LogP contribution in [-0.2, 0) is 0 Å². The highest BCUT2D eigenvalue weighted by atomic mass is 16.3. The Bertz CT molecular complexity index is 419. The van der Waals surface area contributed by atoms with Crippen molar-refractivity contribution in [1.82, 2.24) is 15.0 Å². The van der Waals surface area contributed by atoms with Gasteiger partial charge < -0.3 is 20.6 Å². The highest BCUT2D eigenvalue weighted by molar-refractivity contribution is 5.44. The molecule has 1 aromatic heterocycles. The third kappa shape index (κ3) is 4.48. The van der Waals surface area contributed by atoms with E-state index in [9.17, 15) is 5.11 Å². The first-order valence-electron chi connectivity index (χ1n) is 7.00. The zero-order valence-corrected chi connectivity index (χ0v) is 13.1. The number of aromatic nitrogens is 3. The Kier molecular flexibility index (Phi) is 5.94. The van der Waals surface area contributed by atoms with Gasteiger partial charge in [-0.3, -0.25) is 0 Å². The molecule has 0 saturated heterocycles. The van der Waals surface area contributed by atoms with Crippen LogP contribution in [0.5, 0.6) is 0 Å². The predicted octanol–water partition coefficient (Wildman–Crippen LogP) is 1.33. The molecule has 0 spiro atoms. The second kappa shape index (κ2) is 7.23. The molecule has 0 amide bonds. The molecule has 0 aliphatic rings. The zero-order valence-electron chi connectivity index (χ0n) is 13.1. The predicted molar refractivity (Wildman–Crippen MR) is 82.3 cm³/mol. The van der Waals surface area contributed by atoms with Crippen LogP contribution < -0.4 is 15.5 Å². The van der Waals surface area contributed by atoms with Gasteiger partial charge in [-0.05, 0) is 19.8 Å². The van der Waals surface area contributed by atoms with Crippen molar-refractivity contribution in [2.45, 2.75) is 39.2 Å². The van der Waals surface area contributed by atoms with Crippen molar-refractivity contribution in [1.29, 1.82) is 0 Å². The summed E-state index contributed by atoms with van der Waals surface area (Å²) in [7, 11) is 3.77. The van der Waals surface area contributed by atoms with E-state index in [1.165, 1.54) is 0 Å². The van der Waals surface area contributed by atoms with Gasteiger partial charge in [-0.15, -0.1) is 0 Å². The van der Waals surface area contributed by atoms with E-state index in [4.69, 9.17) is 0 Å². The van der Waals surface area contributed by atoms with Crippen LogP contribution >= 0.6 is 0 Å². The van der Waals surface area contributed by atoms with Gasteiger partial charge in [0.25, 0.3) is 0 Å². The van der Waals surface area contributed by atoms with Crippen LogP contribution in [0.25, 0.3) is 0 Å². The molecular weight excluding hydrogens is 256 g/mol. The van der Waals surface area contributed by atoms with Gasteiger partial charge in [0.05, 0.1) is 12.1 Å². The Labute approximate surface area is 120 Å². The number of hydrogen-bond donors (Lipinski definition) is 3. The lowest BCUT2D eigenvalue weighted by molar-refractivity contribution is 0.218. The maximum absolute atomic E-state index is 9.48. The average molecular weight is 282 g/mol. The third-order valence-corrected chi connectivity index (χ3v) is 3.10. The minimum absolute atomic E-state index is 0.0181. The molecule has 20 heavy (non-hydrogen) atoms. The van der Waals surface area contributed by atoms with Crippen molar-refractivity contribution < 1.29 is 5.11 Å². The van der Waals surface area contributed by atoms with Gasteiger partial charge in [0.1, 0.15) is 0 Å². The van der Waals surface area contributed by atoms with Crippen molar-refractivity contribution in [2.75, 3.05) is 42.8 Å². The number of aliphatic hydroxyl groups excluding tert-OH is 1. The van der Waals surface area contributed by atoms with E-state index in [2.05, 4.69) is 32.5 Å². The number of hydrogen-bond acceptors (Lipinski definition) is 7. The number of nitrogens with zero attached hydrogens (tertiary/aromatic N) is 4. The fraction of sp³-hybridized carbons (Fsp3) is 0.769. The molecule has 1 atom stereocenters. The molecule has 1 unspecified atom stereocenters. The fourth-order valence-corrected chi connectivity index (χ4v) is 1.45. The van der Waals surface area contributed by atoms with Crippen LogP contribution in [-0.4, -0.2) is 52.8 Å². The summed E-state index contributed by atoms with van der Waals surface area (Å²) in [6, 6.07) is 0. The van der Waals surface area contributed by atoms with Crippen LogP contribution in [0.2, 0.25) is 0 Å². The highest BCUT2D eigenvalue weighted by Crippen LogP contribution is 2.18. The SMILES string of the molecule is CCCNc1nc(NC(C)(CC)CO)nc(N(C)C)n1. The minimum atomic E-state index is -0.438. The Hall–Kier alpha value is -1.63. The highest BCUT2D eigenvalue weighted by Gasteiger charge is 2.22. The molecule has 0 aliphatic carbocycles. The molecular formula is C13H26N6O. The smallest absolute Gasteiger partial charge is 0.231 e. The first-order chi connectivity index (χ1) is 9.44. The van der Waals surface area contributed by atoms with Crippen LogP contribution in [0.3, 0.4) is 0 Å². The van der Waals surface area contributed by atoms with E-state index in [1.807, 2.05) is 32.8 Å². The van der Waals surface area contributed by atoms with Crippen molar-refractivity contribution in [3.8, 4) is 0 Å². The molecule has 114 valence electrons. The van der Waals surface area contributed by atoms with Gasteiger partial charge in [-0.1, -0.05) is 13.8 Å². The first-order valence-corrected chi connectivity index (χ1v) is 7.00. The van der Waals surface area contributed by atoms with Gasteiger partial charge in [0.2, 0.25) is 17.8 Å². The van der Waals surface area contributed by atoms with E-state index < -0.39 is 5.54 Å². The molecule has 0 bridgehead atoms. The summed E-state index contributed by atoms with van der Waals surface area (Å²) in [5, 5.41) is 15.8. The third-order valence-electron chi connectivity index (χ3n) is 3.10. The van der Waals surface area contributed by atoms with Crippen molar-refractivity contribution in [3.05, 3.63) is 0 Å². The Morgan fingerprint density at radius 3 is 2.30 bits per heavy atom. The summed E-state index contributed by atoms with van der Waals surface area (Å²) in [6.07, 6.45) is 1.76. The lowest BCUT2D eigenvalue weighted by Gasteiger charge is -2.27. The standard InChI is InChI=1S/C13H26N6O/c1-6-8-14-10-15-11(17-12(16-10)19(4)5)18-13(3,7-2)9-20/h20H,6-9H2,1-5H3,(H2,14,15,16,17,18). The minimum Gasteiger partial charge on any atom is -0.394 e. The quantitative estimate of drug-likeness (QED) is 0.663. The van der Waals surface area contributed by atoms with E-state index in [0.29, 0.717) is 17.8 Å². The van der Waals surface area contributed by atoms with Crippen molar-refractivity contribution >= 4 is 17.8 Å². The van der Waals surface area contributed by atoms with Gasteiger partial charge >= 0.3 is 0 Å². The zero-order chi connectivity index (χ0) is 15.2. The summed E-state index contributed by atoms with van der Waals surface area (Å²) < 4.78 is 0. The van der Waals surface area contributed by atoms with Crippen LogP contribution in [0.4, 0.5) is 17.8 Å². The van der Waals surface area contributed by atoms with Gasteiger partial charge in [-0.2, -0.15) is 15.0 Å². The normalized spacial score (nSPS) is 13.7. The Morgan fingerprint density at radius 2 is 1.80 bits per heavy atom. The molecule has 7 nitrogen and oxygen atoms in total.